The van der Waals surface area contributed by atoms with Crippen LogP contribution >= 0.6 is 23.1 Å². The van der Waals surface area contributed by atoms with Crippen LogP contribution in [0.1, 0.15) is 0 Å². The molecule has 0 amide bonds. The van der Waals surface area contributed by atoms with Crippen LogP contribution < -0.4 is 4.57 Å². The number of fused-ring (bicyclic) bond motifs is 1. The summed E-state index contributed by atoms with van der Waals surface area (Å²) in [6.45, 7) is 0. The molecule has 0 aliphatic carbocycles. The maximum absolute atomic E-state index is 11.2. The lowest BCUT2D eigenvalue weighted by molar-refractivity contribution is -0.676. The number of hydrogen-bond acceptors (Lipinski definition) is 6. The molecule has 0 N–H and O–H groups in total. The Morgan fingerprint density at radius 3 is 2.48 bits per heavy atom. The summed E-state index contributed by atoms with van der Waals surface area (Å²) in [5, 5.41) is 22.0. The molecule has 7 nitrogen and oxygen atoms in total. The monoisotopic (exact) mass is 348 g/mol. The Bertz CT molecular complexity index is 939. The Hall–Kier alpha value is -2.52. The minimum absolute atomic E-state index is 0.262. The Kier molecular flexibility index (Phi) is 3.97. The van der Waals surface area contributed by atoms with Gasteiger partial charge in [-0.1, -0.05) is 23.5 Å². The van der Waals surface area contributed by atoms with Crippen LogP contribution in [0.5, 0.6) is 0 Å². The largest absolute Gasteiger partial charge is 0.303 e. The van der Waals surface area contributed by atoms with Crippen molar-refractivity contribution in [2.45, 2.75) is 9.24 Å². The van der Waals surface area contributed by atoms with Crippen molar-refractivity contribution in [1.29, 1.82) is 0 Å². The van der Waals surface area contributed by atoms with Crippen molar-refractivity contribution in [3.63, 3.8) is 0 Å². The molecule has 3 aromatic rings. The Morgan fingerprint density at radius 1 is 1.09 bits per heavy atom. The highest BCUT2D eigenvalue weighted by Crippen LogP contribution is 2.38. The molecule has 0 aliphatic rings. The van der Waals surface area contributed by atoms with Crippen molar-refractivity contribution >= 4 is 44.7 Å². The summed E-state index contributed by atoms with van der Waals surface area (Å²) >= 11 is 2.75. The number of benzene rings is 2. The van der Waals surface area contributed by atoms with Crippen molar-refractivity contribution in [3.8, 4) is 0 Å². The quantitative estimate of drug-likeness (QED) is 0.407. The highest BCUT2D eigenvalue weighted by molar-refractivity contribution is 8.01. The van der Waals surface area contributed by atoms with Gasteiger partial charge in [0.05, 0.1) is 20.8 Å². The number of para-hydroxylation sites is 1. The minimum atomic E-state index is -0.638. The number of aryl methyl sites for hydroxylation is 1. The van der Waals surface area contributed by atoms with Crippen molar-refractivity contribution in [2.24, 2.45) is 7.05 Å². The number of nitrogens with zero attached hydrogens (tertiary/aromatic N) is 3. The molecule has 0 saturated heterocycles. The van der Waals surface area contributed by atoms with Gasteiger partial charge in [0.1, 0.15) is 11.7 Å². The van der Waals surface area contributed by atoms with Gasteiger partial charge in [-0.25, -0.2) is 0 Å². The molecule has 116 valence electrons. The number of aromatic nitrogens is 1. The van der Waals surface area contributed by atoms with Gasteiger partial charge in [0.15, 0.2) is 0 Å². The van der Waals surface area contributed by atoms with Gasteiger partial charge >= 0.3 is 4.34 Å². The van der Waals surface area contributed by atoms with Crippen molar-refractivity contribution in [3.05, 3.63) is 62.7 Å². The molecule has 0 aliphatic heterocycles. The van der Waals surface area contributed by atoms with Gasteiger partial charge in [-0.15, -0.1) is 0 Å². The van der Waals surface area contributed by atoms with Gasteiger partial charge in [-0.05, 0) is 23.9 Å². The molecule has 2 aromatic carbocycles. The molecule has 0 saturated carbocycles. The van der Waals surface area contributed by atoms with E-state index in [1.165, 1.54) is 35.2 Å². The third kappa shape index (κ3) is 2.88. The van der Waals surface area contributed by atoms with Gasteiger partial charge in [-0.2, -0.15) is 4.57 Å². The fraction of sp³-hybridized carbons (Fsp3) is 0.0714. The Labute approximate surface area is 138 Å². The lowest BCUT2D eigenvalue weighted by Gasteiger charge is -1.99. The first-order valence-electron chi connectivity index (χ1n) is 6.45. The smallest absolute Gasteiger partial charge is 0.258 e. The van der Waals surface area contributed by atoms with E-state index in [4.69, 9.17) is 0 Å². The average molecular weight is 348 g/mol. The molecule has 23 heavy (non-hydrogen) atoms. The summed E-state index contributed by atoms with van der Waals surface area (Å²) in [4.78, 5) is 21.1. The van der Waals surface area contributed by atoms with E-state index in [0.717, 1.165) is 20.6 Å². The fourth-order valence-electron chi connectivity index (χ4n) is 2.11. The predicted molar refractivity (Wildman–Crippen MR) is 86.9 cm³/mol. The summed E-state index contributed by atoms with van der Waals surface area (Å²) in [5.41, 5.74) is 0.480. The summed E-state index contributed by atoms with van der Waals surface area (Å²) in [6, 6.07) is 11.5. The van der Waals surface area contributed by atoms with Crippen LogP contribution in [-0.4, -0.2) is 9.85 Å². The number of rotatable bonds is 4. The first-order chi connectivity index (χ1) is 11.0. The molecule has 0 radical (unpaired) electrons. The van der Waals surface area contributed by atoms with Crippen LogP contribution in [0, 0.1) is 20.2 Å². The molecule has 0 unspecified atom stereocenters. The first kappa shape index (κ1) is 15.4. The zero-order chi connectivity index (χ0) is 16.6. The number of nitro groups is 2. The molecule has 0 bridgehead atoms. The number of non-ortho nitro benzene ring substituents is 1. The normalized spacial score (nSPS) is 10.8. The molecular formula is C14H10N3O4S2+. The highest BCUT2D eigenvalue weighted by atomic mass is 32.2. The molecule has 0 atom stereocenters. The van der Waals surface area contributed by atoms with E-state index < -0.39 is 9.85 Å². The van der Waals surface area contributed by atoms with Crippen LogP contribution in [0.4, 0.5) is 11.4 Å². The number of thiazole rings is 1. The Morgan fingerprint density at radius 2 is 1.83 bits per heavy atom. The third-order valence-electron chi connectivity index (χ3n) is 3.25. The van der Waals surface area contributed by atoms with Crippen molar-refractivity contribution in [1.82, 2.24) is 0 Å². The van der Waals surface area contributed by atoms with Crippen LogP contribution in [0.25, 0.3) is 10.2 Å². The third-order valence-corrected chi connectivity index (χ3v) is 5.77. The van der Waals surface area contributed by atoms with E-state index in [2.05, 4.69) is 0 Å². The van der Waals surface area contributed by atoms with E-state index in [1.807, 2.05) is 35.9 Å². The van der Waals surface area contributed by atoms with Gasteiger partial charge in [0.2, 0.25) is 5.52 Å². The lowest BCUT2D eigenvalue weighted by Crippen LogP contribution is -2.27. The molecular weight excluding hydrogens is 338 g/mol. The van der Waals surface area contributed by atoms with Gasteiger partial charge in [0.25, 0.3) is 11.4 Å². The second-order valence-electron chi connectivity index (χ2n) is 4.66. The zero-order valence-electron chi connectivity index (χ0n) is 11.8. The average Bonchev–Trinajstić information content (AvgIpc) is 2.84. The maximum Gasteiger partial charge on any atom is 0.303 e. The predicted octanol–water partition coefficient (Wildman–Crippen LogP) is 3.69. The van der Waals surface area contributed by atoms with E-state index in [-0.39, 0.29) is 11.4 Å². The Balaban J connectivity index is 2.06. The second-order valence-corrected chi connectivity index (χ2v) is 6.98. The molecule has 3 rings (SSSR count). The number of hydrogen-bond donors (Lipinski definition) is 0. The number of nitro benzene ring substituents is 2. The molecule has 1 aromatic heterocycles. The fourth-order valence-corrected chi connectivity index (χ4v) is 4.50. The van der Waals surface area contributed by atoms with E-state index >= 15 is 0 Å². The van der Waals surface area contributed by atoms with Gasteiger partial charge in [0, 0.05) is 12.1 Å². The van der Waals surface area contributed by atoms with E-state index in [0.29, 0.717) is 4.90 Å². The lowest BCUT2D eigenvalue weighted by atomic mass is 10.3. The first-order valence-corrected chi connectivity index (χ1v) is 8.09. The van der Waals surface area contributed by atoms with Crippen LogP contribution in [0.15, 0.2) is 51.7 Å². The second kappa shape index (κ2) is 5.94. The summed E-state index contributed by atoms with van der Waals surface area (Å²) < 4.78 is 3.89. The zero-order valence-corrected chi connectivity index (χ0v) is 13.5. The SMILES string of the molecule is C[n+]1c(Sc2ccc([N+](=O)[O-])cc2[N+](=O)[O-])sc2ccccc21. The summed E-state index contributed by atoms with van der Waals surface area (Å²) in [7, 11) is 1.89. The molecule has 1 heterocycles. The highest BCUT2D eigenvalue weighted by Gasteiger charge is 2.25. The molecule has 9 heteroatoms. The van der Waals surface area contributed by atoms with Crippen LogP contribution in [0.3, 0.4) is 0 Å². The van der Waals surface area contributed by atoms with E-state index in [9.17, 15) is 20.2 Å². The molecule has 0 spiro atoms. The molecule has 0 fully saturated rings. The van der Waals surface area contributed by atoms with Crippen LogP contribution in [0.2, 0.25) is 0 Å². The summed E-state index contributed by atoms with van der Waals surface area (Å²) in [5.74, 6) is 0. The maximum atomic E-state index is 11.2. The minimum Gasteiger partial charge on any atom is -0.258 e. The summed E-state index contributed by atoms with van der Waals surface area (Å²) in [6.07, 6.45) is 0. The topological polar surface area (TPSA) is 90.2 Å². The van der Waals surface area contributed by atoms with Crippen LogP contribution in [-0.2, 0) is 7.05 Å². The van der Waals surface area contributed by atoms with Gasteiger partial charge < -0.3 is 0 Å². The van der Waals surface area contributed by atoms with E-state index in [1.54, 1.807) is 0 Å². The van der Waals surface area contributed by atoms with Gasteiger partial charge in [-0.3, -0.25) is 20.2 Å². The van der Waals surface area contributed by atoms with Crippen molar-refractivity contribution < 1.29 is 14.4 Å². The standard InChI is InChI=1S/C14H10N3O4S2/c1-15-10-4-2-3-5-12(10)22-14(15)23-13-7-6-9(16(18)19)8-11(13)17(20)21/h2-8H,1H3/q+1. The van der Waals surface area contributed by atoms with Crippen molar-refractivity contribution in [2.75, 3.05) is 0 Å².